The molecule has 1 unspecified atom stereocenters. The summed E-state index contributed by atoms with van der Waals surface area (Å²) in [5, 5.41) is 12.9. The Kier molecular flexibility index (Phi) is 7.47. The van der Waals surface area contributed by atoms with Crippen LogP contribution in [0.25, 0.3) is 0 Å². The Bertz CT molecular complexity index is 1240. The second-order valence-electron chi connectivity index (χ2n) is 10.8. The van der Waals surface area contributed by atoms with Gasteiger partial charge in [0.15, 0.2) is 0 Å². The molecule has 12 heteroatoms. The highest BCUT2D eigenvalue weighted by Crippen LogP contribution is 2.44. The van der Waals surface area contributed by atoms with E-state index in [1.165, 1.54) is 6.07 Å². The maximum Gasteiger partial charge on any atom is 0.416 e. The molecule has 0 bridgehead atoms. The predicted octanol–water partition coefficient (Wildman–Crippen LogP) is 3.02. The highest BCUT2D eigenvalue weighted by Gasteiger charge is 2.54. The van der Waals surface area contributed by atoms with Crippen LogP contribution in [-0.4, -0.2) is 76.3 Å². The number of nitrogens with two attached hydrogens (primary N) is 1. The third-order valence-electron chi connectivity index (χ3n) is 8.13. The molecule has 1 spiro atoms. The summed E-state index contributed by atoms with van der Waals surface area (Å²) in [5.74, 6) is 1.01. The fourth-order valence-corrected chi connectivity index (χ4v) is 6.14. The number of aryl methyl sites for hydroxylation is 1. The zero-order chi connectivity index (χ0) is 27.9. The number of hydrogen-bond donors (Lipinski definition) is 3. The van der Waals surface area contributed by atoms with Gasteiger partial charge in [-0.1, -0.05) is 0 Å². The normalized spacial score (nSPS) is 23.3. The van der Waals surface area contributed by atoms with Crippen LogP contribution in [0, 0.1) is 6.92 Å². The lowest BCUT2D eigenvalue weighted by Crippen LogP contribution is -2.57. The standard InChI is InChI=1S/C27H35F3N6O3/c1-16(18-11-19(27(28,29)30)13-20(31)12-18)32-24-22-14-36(21-3-9-39-10-4-21)25(38)26(23(22)33-17(2)34-24)5-6-35(15-26)7-8-37/h11-13,16,21,37H,3-10,14-15,31H2,1-2H3,(H,32,33,34)/t16-,26?/m1/s1. The molecule has 9 nitrogen and oxygen atoms in total. The molecule has 2 fully saturated rings. The van der Waals surface area contributed by atoms with Crippen molar-refractivity contribution in [2.45, 2.75) is 63.3 Å². The van der Waals surface area contributed by atoms with Crippen molar-refractivity contribution in [1.29, 1.82) is 0 Å². The quantitative estimate of drug-likeness (QED) is 0.472. The number of fused-ring (bicyclic) bond motifs is 2. The van der Waals surface area contributed by atoms with Crippen LogP contribution in [0.5, 0.6) is 0 Å². The number of hydrogen-bond acceptors (Lipinski definition) is 8. The monoisotopic (exact) mass is 548 g/mol. The number of amides is 1. The summed E-state index contributed by atoms with van der Waals surface area (Å²) in [6, 6.07) is 3.01. The average molecular weight is 549 g/mol. The molecule has 2 atom stereocenters. The van der Waals surface area contributed by atoms with Crippen LogP contribution in [0.3, 0.4) is 0 Å². The number of nitrogens with zero attached hydrogens (tertiary/aromatic N) is 4. The molecule has 212 valence electrons. The summed E-state index contributed by atoms with van der Waals surface area (Å²) in [5.41, 5.74) is 5.99. The summed E-state index contributed by atoms with van der Waals surface area (Å²) in [7, 11) is 0. The molecule has 0 radical (unpaired) electrons. The Morgan fingerprint density at radius 3 is 2.69 bits per heavy atom. The molecule has 5 rings (SSSR count). The van der Waals surface area contributed by atoms with E-state index in [0.29, 0.717) is 68.7 Å². The molecule has 39 heavy (non-hydrogen) atoms. The fourth-order valence-electron chi connectivity index (χ4n) is 6.14. The zero-order valence-electron chi connectivity index (χ0n) is 22.2. The molecule has 3 aliphatic rings. The van der Waals surface area contributed by atoms with E-state index in [4.69, 9.17) is 15.5 Å². The van der Waals surface area contributed by atoms with E-state index >= 15 is 0 Å². The van der Waals surface area contributed by atoms with Gasteiger partial charge in [-0.3, -0.25) is 9.69 Å². The van der Waals surface area contributed by atoms with Crippen molar-refractivity contribution in [2.24, 2.45) is 0 Å². The Balaban J connectivity index is 1.55. The van der Waals surface area contributed by atoms with Crippen molar-refractivity contribution in [2.75, 3.05) is 50.5 Å². The number of anilines is 2. The number of nitrogens with one attached hydrogen (secondary N) is 1. The number of aliphatic hydroxyl groups excluding tert-OH is 1. The van der Waals surface area contributed by atoms with Crippen LogP contribution in [0.2, 0.25) is 0 Å². The number of ether oxygens (including phenoxy) is 1. The molecular formula is C27H35F3N6O3. The maximum atomic E-state index is 14.2. The number of likely N-dealkylation sites (tertiary alicyclic amines) is 1. The van der Waals surface area contributed by atoms with Crippen LogP contribution < -0.4 is 11.1 Å². The van der Waals surface area contributed by atoms with Gasteiger partial charge in [0.25, 0.3) is 0 Å². The fraction of sp³-hybridized carbons (Fsp3) is 0.593. The van der Waals surface area contributed by atoms with Crippen LogP contribution in [0.15, 0.2) is 18.2 Å². The van der Waals surface area contributed by atoms with Gasteiger partial charge in [0, 0.05) is 43.6 Å². The Labute approximate surface area is 225 Å². The van der Waals surface area contributed by atoms with E-state index in [1.54, 1.807) is 13.8 Å². The first-order valence-electron chi connectivity index (χ1n) is 13.4. The van der Waals surface area contributed by atoms with E-state index in [0.717, 1.165) is 30.5 Å². The molecule has 0 aliphatic carbocycles. The van der Waals surface area contributed by atoms with Gasteiger partial charge >= 0.3 is 6.18 Å². The van der Waals surface area contributed by atoms with Crippen molar-refractivity contribution in [3.8, 4) is 0 Å². The number of carbonyl (C=O) groups excluding carboxylic acids is 1. The second kappa shape index (κ2) is 10.5. The number of alkyl halides is 3. The van der Waals surface area contributed by atoms with Crippen molar-refractivity contribution < 1.29 is 27.8 Å². The molecule has 1 amide bonds. The molecule has 2 saturated heterocycles. The maximum absolute atomic E-state index is 14.2. The van der Waals surface area contributed by atoms with Gasteiger partial charge in [-0.15, -0.1) is 0 Å². The number of benzene rings is 1. The van der Waals surface area contributed by atoms with Gasteiger partial charge in [0.1, 0.15) is 17.1 Å². The molecule has 2 aromatic rings. The lowest BCUT2D eigenvalue weighted by molar-refractivity contribution is -0.144. The summed E-state index contributed by atoms with van der Waals surface area (Å²) >= 11 is 0. The highest BCUT2D eigenvalue weighted by atomic mass is 19.4. The summed E-state index contributed by atoms with van der Waals surface area (Å²) < 4.78 is 45.9. The van der Waals surface area contributed by atoms with Crippen molar-refractivity contribution in [3.05, 3.63) is 46.4 Å². The predicted molar refractivity (Wildman–Crippen MR) is 139 cm³/mol. The third kappa shape index (κ3) is 5.29. The van der Waals surface area contributed by atoms with Crippen molar-refractivity contribution in [3.63, 3.8) is 0 Å². The van der Waals surface area contributed by atoms with Gasteiger partial charge in [-0.05, 0) is 63.4 Å². The van der Waals surface area contributed by atoms with Gasteiger partial charge in [0.05, 0.1) is 30.5 Å². The average Bonchev–Trinajstić information content (AvgIpc) is 3.31. The largest absolute Gasteiger partial charge is 0.416 e. The number of carbonyl (C=O) groups is 1. The molecule has 4 N–H and O–H groups in total. The van der Waals surface area contributed by atoms with Crippen LogP contribution in [0.4, 0.5) is 24.7 Å². The Hall–Kier alpha value is -2.96. The molecule has 1 aromatic carbocycles. The number of nitrogen functional groups attached to an aromatic ring is 1. The molecule has 4 heterocycles. The third-order valence-corrected chi connectivity index (χ3v) is 8.13. The number of aromatic nitrogens is 2. The molecular weight excluding hydrogens is 513 g/mol. The second-order valence-corrected chi connectivity index (χ2v) is 10.8. The van der Waals surface area contributed by atoms with E-state index in [9.17, 15) is 23.1 Å². The van der Waals surface area contributed by atoms with E-state index in [2.05, 4.69) is 15.2 Å². The van der Waals surface area contributed by atoms with E-state index in [1.807, 2.05) is 4.90 Å². The van der Waals surface area contributed by atoms with Crippen LogP contribution >= 0.6 is 0 Å². The topological polar surface area (TPSA) is 117 Å². The van der Waals surface area contributed by atoms with E-state index < -0.39 is 23.2 Å². The summed E-state index contributed by atoms with van der Waals surface area (Å²) in [4.78, 5) is 27.7. The van der Waals surface area contributed by atoms with Gasteiger partial charge < -0.3 is 25.8 Å². The number of aliphatic hydroxyl groups is 1. The molecule has 1 aromatic heterocycles. The first-order chi connectivity index (χ1) is 18.5. The first kappa shape index (κ1) is 27.6. The van der Waals surface area contributed by atoms with Gasteiger partial charge in [0.2, 0.25) is 5.91 Å². The zero-order valence-corrected chi connectivity index (χ0v) is 22.2. The van der Waals surface area contributed by atoms with Gasteiger partial charge in [-0.25, -0.2) is 9.97 Å². The highest BCUT2D eigenvalue weighted by molar-refractivity contribution is 5.91. The molecule has 3 aliphatic heterocycles. The Morgan fingerprint density at radius 1 is 1.26 bits per heavy atom. The Morgan fingerprint density at radius 2 is 2.00 bits per heavy atom. The van der Waals surface area contributed by atoms with E-state index in [-0.39, 0.29) is 24.2 Å². The van der Waals surface area contributed by atoms with Crippen LogP contribution in [-0.2, 0) is 27.7 Å². The van der Waals surface area contributed by atoms with Crippen molar-refractivity contribution >= 4 is 17.4 Å². The molecule has 0 saturated carbocycles. The number of β-amino-alcohol motifs (C(OH)–C–C–N with tert-alkyl or cyclic N) is 1. The minimum absolute atomic E-state index is 0.00590. The summed E-state index contributed by atoms with van der Waals surface area (Å²) in [6.07, 6.45) is -2.50. The van der Waals surface area contributed by atoms with Crippen LogP contribution in [0.1, 0.15) is 60.4 Å². The van der Waals surface area contributed by atoms with Crippen molar-refractivity contribution in [1.82, 2.24) is 19.8 Å². The smallest absolute Gasteiger partial charge is 0.399 e. The summed E-state index contributed by atoms with van der Waals surface area (Å²) in [6.45, 7) is 6.52. The number of rotatable bonds is 6. The SMILES string of the molecule is Cc1nc(N[C@H](C)c2cc(N)cc(C(F)(F)F)c2)c2c(n1)C1(CCN(CCO)C1)C(=O)N(C1CCOCC1)C2. The lowest BCUT2D eigenvalue weighted by Gasteiger charge is -2.45. The first-order valence-corrected chi connectivity index (χ1v) is 13.4. The lowest BCUT2D eigenvalue weighted by atomic mass is 9.76. The van der Waals surface area contributed by atoms with Gasteiger partial charge in [-0.2, -0.15) is 13.2 Å². The minimum atomic E-state index is -4.52. The minimum Gasteiger partial charge on any atom is -0.399 e. The number of halogens is 3.